The Morgan fingerprint density at radius 1 is 1.40 bits per heavy atom. The molecule has 1 aromatic carbocycles. The number of rotatable bonds is 5. The number of benzene rings is 1. The fraction of sp³-hybridized carbons (Fsp3) is 0.300. The maximum Gasteiger partial charge on any atom is 0.272 e. The van der Waals surface area contributed by atoms with Gasteiger partial charge in [-0.15, -0.1) is 0 Å². The van der Waals surface area contributed by atoms with Crippen LogP contribution in [0, 0.1) is 10.1 Å². The van der Waals surface area contributed by atoms with E-state index in [4.69, 9.17) is 0 Å². The zero-order chi connectivity index (χ0) is 11.3. The first-order valence-electron chi connectivity index (χ1n) is 4.52. The van der Waals surface area contributed by atoms with Gasteiger partial charge < -0.3 is 0 Å². The van der Waals surface area contributed by atoms with E-state index in [1.165, 1.54) is 6.07 Å². The lowest BCUT2D eigenvalue weighted by Gasteiger charge is -2.00. The molecule has 15 heavy (non-hydrogen) atoms. The molecule has 0 aromatic heterocycles. The molecular formula is C10H10BrNO3. The molecule has 0 saturated heterocycles. The summed E-state index contributed by atoms with van der Waals surface area (Å²) in [6.45, 7) is 0. The first-order valence-corrected chi connectivity index (χ1v) is 5.31. The average Bonchev–Trinajstić information content (AvgIpc) is 2.17. The summed E-state index contributed by atoms with van der Waals surface area (Å²) < 4.78 is -0.0684. The zero-order valence-electron chi connectivity index (χ0n) is 7.98. The van der Waals surface area contributed by atoms with Gasteiger partial charge in [0.1, 0.15) is 0 Å². The Balaban J connectivity index is 2.67. The highest BCUT2D eigenvalue weighted by Crippen LogP contribution is 2.19. The molecule has 0 atom stereocenters. The minimum Gasteiger partial charge on any atom is -0.287 e. The molecule has 4 nitrogen and oxygen atoms in total. The average molecular weight is 272 g/mol. The van der Waals surface area contributed by atoms with Crippen molar-refractivity contribution >= 4 is 26.3 Å². The molecule has 0 saturated carbocycles. The van der Waals surface area contributed by atoms with Crippen LogP contribution in [0.3, 0.4) is 0 Å². The van der Waals surface area contributed by atoms with Crippen LogP contribution in [-0.4, -0.2) is 9.62 Å². The maximum absolute atomic E-state index is 10.6. The number of nitrogens with zero attached hydrogens (tertiary/aromatic N) is 1. The number of hydrogen-bond donors (Lipinski definition) is 0. The third-order valence-electron chi connectivity index (χ3n) is 2.01. The van der Waals surface area contributed by atoms with Crippen molar-refractivity contribution in [3.05, 3.63) is 39.9 Å². The Morgan fingerprint density at radius 3 is 2.67 bits per heavy atom. The summed E-state index contributed by atoms with van der Waals surface area (Å²) in [4.78, 5) is 20.9. The molecule has 0 fully saturated rings. The van der Waals surface area contributed by atoms with Crippen molar-refractivity contribution in [2.75, 3.05) is 0 Å². The fourth-order valence-electron chi connectivity index (χ4n) is 1.32. The van der Waals surface area contributed by atoms with E-state index in [9.17, 15) is 14.9 Å². The highest BCUT2D eigenvalue weighted by atomic mass is 79.9. The van der Waals surface area contributed by atoms with Crippen LogP contribution in [0.1, 0.15) is 18.4 Å². The van der Waals surface area contributed by atoms with Crippen molar-refractivity contribution in [3.63, 3.8) is 0 Å². The predicted molar refractivity (Wildman–Crippen MR) is 60.0 cm³/mol. The SMILES string of the molecule is O=C(Br)CCCc1ccccc1[N+](=O)[O-]. The minimum atomic E-state index is -0.398. The minimum absolute atomic E-state index is 0.0684. The summed E-state index contributed by atoms with van der Waals surface area (Å²) >= 11 is 2.82. The number of hydrogen-bond acceptors (Lipinski definition) is 3. The Hall–Kier alpha value is -1.23. The second-order valence-electron chi connectivity index (χ2n) is 3.09. The molecule has 0 N–H and O–H groups in total. The molecule has 0 heterocycles. The Bertz CT molecular complexity index is 379. The summed E-state index contributed by atoms with van der Waals surface area (Å²) in [5.41, 5.74) is 0.802. The van der Waals surface area contributed by atoms with Crippen LogP contribution in [-0.2, 0) is 11.2 Å². The number of nitro benzene ring substituents is 1. The van der Waals surface area contributed by atoms with Crippen LogP contribution < -0.4 is 0 Å². The van der Waals surface area contributed by atoms with Crippen molar-refractivity contribution in [3.8, 4) is 0 Å². The van der Waals surface area contributed by atoms with Gasteiger partial charge in [0, 0.05) is 18.1 Å². The van der Waals surface area contributed by atoms with Crippen LogP contribution in [0.25, 0.3) is 0 Å². The van der Waals surface area contributed by atoms with Gasteiger partial charge in [0.15, 0.2) is 4.69 Å². The second kappa shape index (κ2) is 5.60. The zero-order valence-corrected chi connectivity index (χ0v) is 9.57. The third-order valence-corrected chi connectivity index (χ3v) is 2.40. The van der Waals surface area contributed by atoms with E-state index in [0.29, 0.717) is 24.8 Å². The smallest absolute Gasteiger partial charge is 0.272 e. The number of halogens is 1. The van der Waals surface area contributed by atoms with E-state index in [1.807, 2.05) is 0 Å². The first-order chi connectivity index (χ1) is 7.11. The third kappa shape index (κ3) is 3.79. The van der Waals surface area contributed by atoms with Crippen molar-refractivity contribution in [1.29, 1.82) is 0 Å². The lowest BCUT2D eigenvalue weighted by atomic mass is 10.1. The van der Waals surface area contributed by atoms with E-state index in [-0.39, 0.29) is 10.4 Å². The summed E-state index contributed by atoms with van der Waals surface area (Å²) in [5.74, 6) is 0. The summed E-state index contributed by atoms with van der Waals surface area (Å²) in [7, 11) is 0. The number of carbonyl (C=O) groups excluding carboxylic acids is 1. The van der Waals surface area contributed by atoms with Gasteiger partial charge in [-0.05, 0) is 28.8 Å². The van der Waals surface area contributed by atoms with Gasteiger partial charge in [-0.2, -0.15) is 0 Å². The van der Waals surface area contributed by atoms with Gasteiger partial charge in [0.25, 0.3) is 5.69 Å². The Labute approximate surface area is 95.6 Å². The molecule has 0 amide bonds. The van der Waals surface area contributed by atoms with Gasteiger partial charge in [0.05, 0.1) is 4.92 Å². The summed E-state index contributed by atoms with van der Waals surface area (Å²) in [6, 6.07) is 6.59. The van der Waals surface area contributed by atoms with Crippen molar-refractivity contribution in [1.82, 2.24) is 0 Å². The number of nitro groups is 1. The lowest BCUT2D eigenvalue weighted by molar-refractivity contribution is -0.385. The Kier molecular flexibility index (Phi) is 4.42. The Morgan fingerprint density at radius 2 is 2.07 bits per heavy atom. The molecule has 0 radical (unpaired) electrons. The van der Waals surface area contributed by atoms with Gasteiger partial charge in [-0.25, -0.2) is 0 Å². The van der Waals surface area contributed by atoms with E-state index >= 15 is 0 Å². The van der Waals surface area contributed by atoms with E-state index < -0.39 is 4.92 Å². The van der Waals surface area contributed by atoms with Gasteiger partial charge in [0.2, 0.25) is 0 Å². The molecule has 0 unspecified atom stereocenters. The topological polar surface area (TPSA) is 60.2 Å². The fourth-order valence-corrected chi connectivity index (χ4v) is 1.60. The monoisotopic (exact) mass is 271 g/mol. The molecule has 0 bridgehead atoms. The molecule has 1 aromatic rings. The van der Waals surface area contributed by atoms with Crippen LogP contribution in [0.4, 0.5) is 5.69 Å². The molecule has 5 heteroatoms. The van der Waals surface area contributed by atoms with Gasteiger partial charge >= 0.3 is 0 Å². The number of carbonyl (C=O) groups is 1. The largest absolute Gasteiger partial charge is 0.287 e. The van der Waals surface area contributed by atoms with Gasteiger partial charge in [-0.3, -0.25) is 14.9 Å². The lowest BCUT2D eigenvalue weighted by Crippen LogP contribution is -1.96. The molecule has 0 aliphatic heterocycles. The molecular weight excluding hydrogens is 262 g/mol. The van der Waals surface area contributed by atoms with E-state index in [0.717, 1.165) is 0 Å². The van der Waals surface area contributed by atoms with Crippen molar-refractivity contribution in [2.45, 2.75) is 19.3 Å². The normalized spacial score (nSPS) is 9.93. The predicted octanol–water partition coefficient (Wildman–Crippen LogP) is 2.84. The van der Waals surface area contributed by atoms with Crippen LogP contribution >= 0.6 is 15.9 Å². The highest BCUT2D eigenvalue weighted by Gasteiger charge is 2.11. The van der Waals surface area contributed by atoms with Crippen LogP contribution in [0.5, 0.6) is 0 Å². The number of aryl methyl sites for hydroxylation is 1. The molecule has 0 aliphatic carbocycles. The highest BCUT2D eigenvalue weighted by molar-refractivity contribution is 9.18. The number of para-hydroxylation sites is 1. The van der Waals surface area contributed by atoms with E-state index in [1.54, 1.807) is 18.2 Å². The summed E-state index contributed by atoms with van der Waals surface area (Å²) in [5, 5.41) is 10.6. The molecule has 0 aliphatic rings. The standard InChI is InChI=1S/C10H10BrNO3/c11-10(13)7-3-5-8-4-1-2-6-9(8)12(14)15/h1-2,4,6H,3,5,7H2. The second-order valence-corrected chi connectivity index (χ2v) is 3.98. The first kappa shape index (κ1) is 11.8. The maximum atomic E-state index is 10.6. The van der Waals surface area contributed by atoms with Crippen molar-refractivity contribution in [2.24, 2.45) is 0 Å². The van der Waals surface area contributed by atoms with Crippen LogP contribution in [0.15, 0.2) is 24.3 Å². The van der Waals surface area contributed by atoms with Crippen molar-refractivity contribution < 1.29 is 9.72 Å². The van der Waals surface area contributed by atoms with Crippen LogP contribution in [0.2, 0.25) is 0 Å². The molecule has 0 spiro atoms. The van der Waals surface area contributed by atoms with Gasteiger partial charge in [-0.1, -0.05) is 18.2 Å². The molecule has 80 valence electrons. The quantitative estimate of drug-likeness (QED) is 0.470. The summed E-state index contributed by atoms with van der Waals surface area (Å²) in [6.07, 6.45) is 1.56. The van der Waals surface area contributed by atoms with E-state index in [2.05, 4.69) is 15.9 Å². The molecule has 1 rings (SSSR count).